The Morgan fingerprint density at radius 3 is 1.58 bits per heavy atom. The van der Waals surface area contributed by atoms with E-state index in [1.54, 1.807) is 4.90 Å². The summed E-state index contributed by atoms with van der Waals surface area (Å²) in [7, 11) is 0. The van der Waals surface area contributed by atoms with Crippen molar-refractivity contribution >= 4 is 35.1 Å². The monoisotopic (exact) mass is 597 g/mol. The molecule has 1 aromatic rings. The number of hydrogen-bond acceptors (Lipinski definition) is 7. The van der Waals surface area contributed by atoms with Crippen LogP contribution in [0.15, 0.2) is 30.3 Å². The number of carbonyl (C=O) groups excluding carboxylic acids is 5. The Morgan fingerprint density at radius 1 is 0.767 bits per heavy atom. The van der Waals surface area contributed by atoms with Crippen molar-refractivity contribution < 1.29 is 33.9 Å². The minimum absolute atomic E-state index is 0.0273. The van der Waals surface area contributed by atoms with Gasteiger partial charge in [-0.25, -0.2) is 4.79 Å². The standard InChI is InChI=1S/C13H19NO3.C12H17NO4.C8H11N/c1-8(15)13-6-11-5-12(17)4-3-10(11)7-14(13)9(2)16;1-7(14)13-6-8-2-3-10(15)4-9(8)5-11(13)12(16)17;1-7(9)8-5-3-2-4-6-8/h10-11,13H,3-7H2,1-2H3;8-9,11H,2-6H2,1H3,(H,16,17);2-7H,9H2,1H3/t10-,11+,13-;8-,9+,11-;7-/m001/s1. The van der Waals surface area contributed by atoms with E-state index in [-0.39, 0.29) is 41.4 Å². The number of likely N-dealkylation sites (tertiary alicyclic amines) is 2. The van der Waals surface area contributed by atoms with Gasteiger partial charge in [0.05, 0.1) is 6.04 Å². The van der Waals surface area contributed by atoms with Crippen LogP contribution in [0.2, 0.25) is 0 Å². The fourth-order valence-corrected chi connectivity index (χ4v) is 6.98. The summed E-state index contributed by atoms with van der Waals surface area (Å²) in [5.41, 5.74) is 6.81. The molecule has 5 rings (SSSR count). The number of nitrogens with two attached hydrogens (primary N) is 1. The second-order valence-electron chi connectivity index (χ2n) is 12.6. The van der Waals surface area contributed by atoms with Crippen LogP contribution in [0.1, 0.15) is 90.7 Å². The summed E-state index contributed by atoms with van der Waals surface area (Å²) < 4.78 is 0. The lowest BCUT2D eigenvalue weighted by atomic mass is 9.72. The first kappa shape index (κ1) is 34.1. The van der Waals surface area contributed by atoms with Crippen LogP contribution in [0, 0.1) is 23.7 Å². The number of hydrogen-bond donors (Lipinski definition) is 2. The second-order valence-corrected chi connectivity index (χ2v) is 12.6. The molecule has 0 unspecified atom stereocenters. The van der Waals surface area contributed by atoms with E-state index in [1.807, 2.05) is 37.3 Å². The molecule has 0 spiro atoms. The average Bonchev–Trinajstić information content (AvgIpc) is 2.96. The molecule has 2 aliphatic heterocycles. The average molecular weight is 598 g/mol. The Kier molecular flexibility index (Phi) is 12.2. The van der Waals surface area contributed by atoms with Crippen molar-refractivity contribution in [1.29, 1.82) is 0 Å². The molecular weight excluding hydrogens is 550 g/mol. The van der Waals surface area contributed by atoms with Crippen LogP contribution in [0.4, 0.5) is 0 Å². The van der Waals surface area contributed by atoms with E-state index >= 15 is 0 Å². The molecule has 43 heavy (non-hydrogen) atoms. The number of amides is 2. The third kappa shape index (κ3) is 9.29. The Balaban J connectivity index is 0.000000186. The maximum atomic E-state index is 11.6. The zero-order valence-corrected chi connectivity index (χ0v) is 25.9. The molecule has 0 radical (unpaired) electrons. The minimum Gasteiger partial charge on any atom is -0.480 e. The van der Waals surface area contributed by atoms with Gasteiger partial charge in [0, 0.05) is 58.7 Å². The van der Waals surface area contributed by atoms with Crippen molar-refractivity contribution in [2.45, 2.75) is 97.2 Å². The summed E-state index contributed by atoms with van der Waals surface area (Å²) in [4.78, 5) is 71.7. The van der Waals surface area contributed by atoms with Gasteiger partial charge in [-0.1, -0.05) is 30.3 Å². The van der Waals surface area contributed by atoms with Gasteiger partial charge in [-0.15, -0.1) is 0 Å². The van der Waals surface area contributed by atoms with E-state index in [9.17, 15) is 28.8 Å². The van der Waals surface area contributed by atoms with Crippen LogP contribution in [-0.2, 0) is 28.8 Å². The minimum atomic E-state index is -0.961. The first-order valence-corrected chi connectivity index (χ1v) is 15.4. The van der Waals surface area contributed by atoms with Gasteiger partial charge < -0.3 is 20.6 Å². The van der Waals surface area contributed by atoms with E-state index < -0.39 is 12.0 Å². The van der Waals surface area contributed by atoms with Crippen LogP contribution in [0.5, 0.6) is 0 Å². The van der Waals surface area contributed by atoms with E-state index in [0.29, 0.717) is 75.2 Å². The number of ketones is 3. The van der Waals surface area contributed by atoms with Gasteiger partial charge in [0.1, 0.15) is 17.6 Å². The highest BCUT2D eigenvalue weighted by Crippen LogP contribution is 2.38. The molecule has 3 N–H and O–H groups in total. The highest BCUT2D eigenvalue weighted by Gasteiger charge is 2.43. The molecule has 10 nitrogen and oxygen atoms in total. The van der Waals surface area contributed by atoms with Gasteiger partial charge in [0.25, 0.3) is 0 Å². The lowest BCUT2D eigenvalue weighted by Gasteiger charge is -2.44. The topological polar surface area (TPSA) is 155 Å². The summed E-state index contributed by atoms with van der Waals surface area (Å²) in [6.45, 7) is 7.58. The molecule has 2 saturated carbocycles. The zero-order chi connectivity index (χ0) is 31.8. The Bertz CT molecular complexity index is 1110. The van der Waals surface area contributed by atoms with Crippen molar-refractivity contribution in [2.75, 3.05) is 13.1 Å². The maximum absolute atomic E-state index is 11.6. The van der Waals surface area contributed by atoms with Gasteiger partial charge in [-0.2, -0.15) is 0 Å². The van der Waals surface area contributed by atoms with E-state index in [0.717, 1.165) is 12.8 Å². The molecule has 0 aromatic heterocycles. The molecule has 2 aliphatic carbocycles. The number of carbonyl (C=O) groups is 6. The number of aliphatic carboxylic acids is 1. The quantitative estimate of drug-likeness (QED) is 0.536. The van der Waals surface area contributed by atoms with Crippen LogP contribution >= 0.6 is 0 Å². The summed E-state index contributed by atoms with van der Waals surface area (Å²) in [6.07, 6.45) is 5.05. The largest absolute Gasteiger partial charge is 0.480 e. The van der Waals surface area contributed by atoms with Crippen LogP contribution < -0.4 is 5.73 Å². The SMILES string of the molecule is CC(=O)N1C[C@@H]2CCC(=O)C[C@@H]2C[C@H]1C(=O)O.CC(=O)[C@@H]1C[C@H]2CC(=O)CC[C@H]2CN1C(C)=O.C[C@@H](N)c1ccccc1. The Hall–Kier alpha value is -3.40. The third-order valence-electron chi connectivity index (χ3n) is 9.46. The van der Waals surface area contributed by atoms with Gasteiger partial charge in [-0.05, 0) is 68.8 Å². The molecule has 2 heterocycles. The number of piperidine rings is 2. The zero-order valence-electron chi connectivity index (χ0n) is 25.9. The molecule has 236 valence electrons. The lowest BCUT2D eigenvalue weighted by Crippen LogP contribution is -2.54. The second kappa shape index (κ2) is 15.4. The number of nitrogens with zero attached hydrogens (tertiary/aromatic N) is 2. The van der Waals surface area contributed by atoms with E-state index in [4.69, 9.17) is 10.8 Å². The molecular formula is C33H47N3O7. The fraction of sp³-hybridized carbons (Fsp3) is 0.636. The molecule has 10 heteroatoms. The summed E-state index contributed by atoms with van der Waals surface area (Å²) in [6, 6.07) is 9.16. The van der Waals surface area contributed by atoms with Crippen molar-refractivity contribution in [2.24, 2.45) is 29.4 Å². The molecule has 4 fully saturated rings. The number of benzene rings is 1. The number of rotatable bonds is 3. The number of carboxylic acid groups (broad SMARTS) is 1. The lowest BCUT2D eigenvalue weighted by molar-refractivity contribution is -0.155. The maximum Gasteiger partial charge on any atom is 0.326 e. The highest BCUT2D eigenvalue weighted by atomic mass is 16.4. The summed E-state index contributed by atoms with van der Waals surface area (Å²) >= 11 is 0. The summed E-state index contributed by atoms with van der Waals surface area (Å²) in [5.74, 6) is 0.561. The predicted molar refractivity (Wildman–Crippen MR) is 161 cm³/mol. The Morgan fingerprint density at radius 2 is 1.21 bits per heavy atom. The molecule has 2 amide bonds. The van der Waals surface area contributed by atoms with Gasteiger partial charge in [0.2, 0.25) is 11.8 Å². The number of carboxylic acids is 1. The summed E-state index contributed by atoms with van der Waals surface area (Å²) in [5, 5.41) is 9.13. The van der Waals surface area contributed by atoms with Crippen LogP contribution in [0.3, 0.4) is 0 Å². The van der Waals surface area contributed by atoms with E-state index in [2.05, 4.69) is 0 Å². The van der Waals surface area contributed by atoms with Gasteiger partial charge in [0.15, 0.2) is 5.78 Å². The van der Waals surface area contributed by atoms with Crippen LogP contribution in [-0.4, -0.2) is 75.2 Å². The van der Waals surface area contributed by atoms with Crippen molar-refractivity contribution in [3.05, 3.63) is 35.9 Å². The molecule has 1 aromatic carbocycles. The van der Waals surface area contributed by atoms with Gasteiger partial charge in [-0.3, -0.25) is 24.0 Å². The fourth-order valence-electron chi connectivity index (χ4n) is 6.98. The van der Waals surface area contributed by atoms with Crippen molar-refractivity contribution in [3.8, 4) is 0 Å². The first-order chi connectivity index (χ1) is 20.3. The highest BCUT2D eigenvalue weighted by molar-refractivity contribution is 5.87. The Labute approximate surface area is 254 Å². The normalized spacial score (nSPS) is 29.0. The smallest absolute Gasteiger partial charge is 0.326 e. The van der Waals surface area contributed by atoms with E-state index in [1.165, 1.54) is 31.2 Å². The van der Waals surface area contributed by atoms with Crippen molar-refractivity contribution in [1.82, 2.24) is 9.80 Å². The molecule has 0 bridgehead atoms. The van der Waals surface area contributed by atoms with Crippen molar-refractivity contribution in [3.63, 3.8) is 0 Å². The molecule has 7 atom stereocenters. The molecule has 4 aliphatic rings. The first-order valence-electron chi connectivity index (χ1n) is 15.4. The van der Waals surface area contributed by atoms with Gasteiger partial charge >= 0.3 is 5.97 Å². The third-order valence-corrected chi connectivity index (χ3v) is 9.46. The molecule has 2 saturated heterocycles. The predicted octanol–water partition coefficient (Wildman–Crippen LogP) is 3.57. The number of fused-ring (bicyclic) bond motifs is 2. The van der Waals surface area contributed by atoms with Crippen LogP contribution in [0.25, 0.3) is 0 Å². The number of Topliss-reactive ketones (excluding diaryl/α,β-unsaturated/α-hetero) is 3.